The van der Waals surface area contributed by atoms with E-state index in [4.69, 9.17) is 21.3 Å². The van der Waals surface area contributed by atoms with Gasteiger partial charge in [-0.2, -0.15) is 0 Å². The lowest BCUT2D eigenvalue weighted by molar-refractivity contribution is -0.116. The predicted octanol–water partition coefficient (Wildman–Crippen LogP) is 6.57. The van der Waals surface area contributed by atoms with Crippen LogP contribution in [0.15, 0.2) is 83.3 Å². The van der Waals surface area contributed by atoms with E-state index in [1.54, 1.807) is 36.3 Å². The molecule has 7 heteroatoms. The lowest BCUT2D eigenvalue weighted by atomic mass is 9.95. The number of halogens is 2. The molecule has 0 radical (unpaired) electrons. The maximum atomic E-state index is 13.3. The highest BCUT2D eigenvalue weighted by molar-refractivity contribution is 9.10. The van der Waals surface area contributed by atoms with Crippen LogP contribution < -0.4 is 9.64 Å². The van der Waals surface area contributed by atoms with Crippen molar-refractivity contribution in [2.24, 2.45) is 0 Å². The Bertz CT molecular complexity index is 1340. The number of carbonyl (C=O) groups excluding carboxylic acids is 2. The van der Waals surface area contributed by atoms with E-state index in [2.05, 4.69) is 15.9 Å². The number of nitrogens with zero attached hydrogens (tertiary/aromatic N) is 2. The molecule has 0 saturated heterocycles. The third-order valence-corrected chi connectivity index (χ3v) is 6.29. The smallest absolute Gasteiger partial charge is 0.242 e. The average Bonchev–Trinajstić information content (AvgIpc) is 2.86. The minimum atomic E-state index is -0.568. The quantitative estimate of drug-likeness (QED) is 0.198. The molecule has 0 saturated carbocycles. The van der Waals surface area contributed by atoms with Crippen LogP contribution in [0.2, 0.25) is 0 Å². The number of carbonyl (C=O) groups is 2. The van der Waals surface area contributed by atoms with E-state index in [0.717, 1.165) is 20.9 Å². The molecule has 0 aliphatic rings. The van der Waals surface area contributed by atoms with Crippen LogP contribution in [0, 0.1) is 0 Å². The fourth-order valence-corrected chi connectivity index (χ4v) is 4.47. The zero-order valence-electron chi connectivity index (χ0n) is 18.7. The molecule has 1 amide bonds. The summed E-state index contributed by atoms with van der Waals surface area (Å²) < 4.78 is 6.62. The Morgan fingerprint density at radius 2 is 1.74 bits per heavy atom. The summed E-state index contributed by atoms with van der Waals surface area (Å²) in [7, 11) is 1.56. The molecule has 0 N–H and O–H groups in total. The summed E-state index contributed by atoms with van der Waals surface area (Å²) in [6.07, 6.45) is 0. The number of pyridine rings is 1. The molecule has 0 spiro atoms. The molecule has 0 aliphatic heterocycles. The van der Waals surface area contributed by atoms with Gasteiger partial charge in [0.2, 0.25) is 11.8 Å². The number of hydrogen-bond acceptors (Lipinski definition) is 4. The maximum absolute atomic E-state index is 13.3. The Morgan fingerprint density at radius 3 is 2.35 bits per heavy atom. The van der Waals surface area contributed by atoms with Gasteiger partial charge < -0.3 is 4.74 Å². The van der Waals surface area contributed by atoms with E-state index in [1.807, 2.05) is 54.6 Å². The molecule has 1 aromatic heterocycles. The van der Waals surface area contributed by atoms with Crippen LogP contribution in [0.1, 0.15) is 34.5 Å². The maximum Gasteiger partial charge on any atom is 0.242 e. The van der Waals surface area contributed by atoms with Gasteiger partial charge in [-0.3, -0.25) is 14.5 Å². The van der Waals surface area contributed by atoms with Crippen molar-refractivity contribution < 1.29 is 14.3 Å². The lowest BCUT2D eigenvalue weighted by Gasteiger charge is -2.33. The summed E-state index contributed by atoms with van der Waals surface area (Å²) >= 11 is 9.61. The number of aromatic nitrogens is 1. The van der Waals surface area contributed by atoms with Crippen molar-refractivity contribution in [2.45, 2.75) is 13.0 Å². The largest absolute Gasteiger partial charge is 0.481 e. The van der Waals surface area contributed by atoms with Gasteiger partial charge in [0.05, 0.1) is 18.7 Å². The highest BCUT2D eigenvalue weighted by Crippen LogP contribution is 2.39. The Hall–Kier alpha value is -3.22. The number of benzene rings is 3. The first-order valence-electron chi connectivity index (χ1n) is 10.6. The number of amides is 1. The number of Topliss-reactive ketones (excluding diaryl/α,β-unsaturated/α-hetero) is 1. The molecule has 4 aromatic rings. The normalized spacial score (nSPS) is 11.8. The molecular weight excluding hydrogens is 516 g/mol. The fourth-order valence-electron chi connectivity index (χ4n) is 3.97. The summed E-state index contributed by atoms with van der Waals surface area (Å²) in [5.41, 5.74) is 3.53. The monoisotopic (exact) mass is 536 g/mol. The highest BCUT2D eigenvalue weighted by atomic mass is 79.9. The summed E-state index contributed by atoms with van der Waals surface area (Å²) in [6, 6.07) is 23.8. The zero-order valence-corrected chi connectivity index (χ0v) is 21.0. The first-order valence-corrected chi connectivity index (χ1v) is 11.9. The van der Waals surface area contributed by atoms with Crippen LogP contribution in [0.25, 0.3) is 10.9 Å². The van der Waals surface area contributed by atoms with Gasteiger partial charge in [-0.15, -0.1) is 11.6 Å². The number of methoxy groups -OCH3 is 1. The van der Waals surface area contributed by atoms with Crippen LogP contribution in [-0.2, 0) is 4.79 Å². The highest BCUT2D eigenvalue weighted by Gasteiger charge is 2.31. The minimum Gasteiger partial charge on any atom is -0.481 e. The molecule has 1 atom stereocenters. The van der Waals surface area contributed by atoms with Crippen LogP contribution in [0.3, 0.4) is 0 Å². The van der Waals surface area contributed by atoms with Crippen molar-refractivity contribution in [3.63, 3.8) is 0 Å². The van der Waals surface area contributed by atoms with Gasteiger partial charge in [-0.25, -0.2) is 4.98 Å². The number of rotatable bonds is 7. The summed E-state index contributed by atoms with van der Waals surface area (Å²) in [5.74, 6) is -0.140. The molecule has 172 valence electrons. The van der Waals surface area contributed by atoms with Crippen molar-refractivity contribution in [2.75, 3.05) is 17.9 Å². The first-order chi connectivity index (χ1) is 16.4. The Kier molecular flexibility index (Phi) is 7.29. The van der Waals surface area contributed by atoms with Crippen molar-refractivity contribution in [3.8, 4) is 5.88 Å². The molecule has 0 fully saturated rings. The van der Waals surface area contributed by atoms with Crippen molar-refractivity contribution in [1.29, 1.82) is 0 Å². The molecule has 3 aromatic carbocycles. The van der Waals surface area contributed by atoms with Crippen molar-refractivity contribution in [3.05, 3.63) is 100 Å². The van der Waals surface area contributed by atoms with Gasteiger partial charge in [-0.05, 0) is 61.0 Å². The van der Waals surface area contributed by atoms with E-state index in [-0.39, 0.29) is 17.6 Å². The van der Waals surface area contributed by atoms with Gasteiger partial charge >= 0.3 is 0 Å². The number of ketones is 1. The number of fused-ring (bicyclic) bond motifs is 1. The SMILES string of the molecule is COc1nc2ccc(Br)cc2cc1C(c1ccccc1)N(C(=O)CCl)c1ccc(C(C)=O)cc1. The minimum absolute atomic E-state index is 0.0487. The molecule has 0 aliphatic carbocycles. The molecule has 1 heterocycles. The molecule has 1 unspecified atom stereocenters. The average molecular weight is 538 g/mol. The molecular formula is C27H22BrClN2O3. The van der Waals surface area contributed by atoms with E-state index < -0.39 is 6.04 Å². The summed E-state index contributed by atoms with van der Waals surface area (Å²) in [5, 5.41) is 0.899. The topological polar surface area (TPSA) is 59.5 Å². The second-order valence-corrected chi connectivity index (χ2v) is 8.92. The number of anilines is 1. The van der Waals surface area contributed by atoms with E-state index in [1.165, 1.54) is 6.92 Å². The second-order valence-electron chi connectivity index (χ2n) is 7.74. The third-order valence-electron chi connectivity index (χ3n) is 5.57. The molecule has 4 rings (SSSR count). The summed E-state index contributed by atoms with van der Waals surface area (Å²) in [4.78, 5) is 31.4. The zero-order chi connectivity index (χ0) is 24.2. The lowest BCUT2D eigenvalue weighted by Crippen LogP contribution is -2.37. The Morgan fingerprint density at radius 1 is 1.03 bits per heavy atom. The van der Waals surface area contributed by atoms with Gasteiger partial charge in [-0.1, -0.05) is 46.3 Å². The molecule has 0 bridgehead atoms. The fraction of sp³-hybridized carbons (Fsp3) is 0.148. The molecule has 5 nitrogen and oxygen atoms in total. The van der Waals surface area contributed by atoms with Crippen LogP contribution in [-0.4, -0.2) is 29.7 Å². The van der Waals surface area contributed by atoms with Gasteiger partial charge in [0.1, 0.15) is 5.88 Å². The summed E-state index contributed by atoms with van der Waals surface area (Å²) in [6.45, 7) is 1.51. The van der Waals surface area contributed by atoms with Gasteiger partial charge in [0.15, 0.2) is 5.78 Å². The third kappa shape index (κ3) is 4.83. The van der Waals surface area contributed by atoms with Crippen molar-refractivity contribution >= 4 is 55.8 Å². The number of hydrogen-bond donors (Lipinski definition) is 0. The van der Waals surface area contributed by atoms with Crippen LogP contribution >= 0.6 is 27.5 Å². The number of alkyl halides is 1. The van der Waals surface area contributed by atoms with Crippen LogP contribution in [0.5, 0.6) is 5.88 Å². The van der Waals surface area contributed by atoms with E-state index in [0.29, 0.717) is 22.7 Å². The first kappa shape index (κ1) is 23.9. The number of ether oxygens (including phenoxy) is 1. The Labute approximate surface area is 211 Å². The molecule has 34 heavy (non-hydrogen) atoms. The van der Waals surface area contributed by atoms with Crippen LogP contribution in [0.4, 0.5) is 5.69 Å². The second kappa shape index (κ2) is 10.4. The Balaban J connectivity index is 1.98. The van der Waals surface area contributed by atoms with E-state index in [9.17, 15) is 9.59 Å². The predicted molar refractivity (Wildman–Crippen MR) is 139 cm³/mol. The van der Waals surface area contributed by atoms with Gasteiger partial charge in [0.25, 0.3) is 0 Å². The standard InChI is InChI=1S/C27H22BrClN2O3/c1-17(32)18-8-11-22(12-9-18)31(25(33)16-29)26(19-6-4-3-5-7-19)23-15-20-14-21(28)10-13-24(20)30-27(23)34-2/h3-15,26H,16H2,1-2H3. The van der Waals surface area contributed by atoms with Gasteiger partial charge in [0, 0.05) is 26.7 Å². The van der Waals surface area contributed by atoms with E-state index >= 15 is 0 Å². The van der Waals surface area contributed by atoms with Crippen molar-refractivity contribution in [1.82, 2.24) is 4.98 Å².